The average Bonchev–Trinajstić information content (AvgIpc) is 2.93. The van der Waals surface area contributed by atoms with E-state index in [9.17, 15) is 0 Å². The van der Waals surface area contributed by atoms with Crippen molar-refractivity contribution in [1.82, 2.24) is 10.2 Å². The zero-order valence-electron chi connectivity index (χ0n) is 11.3. The lowest BCUT2D eigenvalue weighted by Crippen LogP contribution is -2.61. The van der Waals surface area contributed by atoms with Crippen LogP contribution in [0, 0.1) is 0 Å². The van der Waals surface area contributed by atoms with E-state index in [-0.39, 0.29) is 0 Å². The molecule has 18 heavy (non-hydrogen) atoms. The van der Waals surface area contributed by atoms with Gasteiger partial charge in [0.1, 0.15) is 5.76 Å². The standard InChI is InChI=1S/C15H24N2O/c1-13(14-6-5-11-18-14)17-10-9-16-15(12-17)7-3-2-4-8-15/h5-6,11,13,16H,2-4,7-10,12H2,1H3. The molecule has 2 aliphatic rings. The Morgan fingerprint density at radius 3 is 2.89 bits per heavy atom. The van der Waals surface area contributed by atoms with E-state index >= 15 is 0 Å². The molecule has 0 bridgehead atoms. The van der Waals surface area contributed by atoms with Crippen LogP contribution in [0.2, 0.25) is 0 Å². The van der Waals surface area contributed by atoms with Gasteiger partial charge in [-0.05, 0) is 31.9 Å². The fourth-order valence-corrected chi connectivity index (χ4v) is 3.59. The van der Waals surface area contributed by atoms with Crippen LogP contribution in [0.4, 0.5) is 0 Å². The number of furan rings is 1. The summed E-state index contributed by atoms with van der Waals surface area (Å²) in [4.78, 5) is 2.58. The van der Waals surface area contributed by atoms with E-state index in [0.717, 1.165) is 18.8 Å². The van der Waals surface area contributed by atoms with E-state index in [1.54, 1.807) is 6.26 Å². The Balaban J connectivity index is 1.70. The van der Waals surface area contributed by atoms with Gasteiger partial charge < -0.3 is 9.73 Å². The largest absolute Gasteiger partial charge is 0.468 e. The molecule has 2 heterocycles. The summed E-state index contributed by atoms with van der Waals surface area (Å²) >= 11 is 0. The van der Waals surface area contributed by atoms with E-state index < -0.39 is 0 Å². The highest BCUT2D eigenvalue weighted by Gasteiger charge is 2.37. The molecule has 1 N–H and O–H groups in total. The first-order valence-electron chi connectivity index (χ1n) is 7.32. The van der Waals surface area contributed by atoms with Crippen molar-refractivity contribution in [2.75, 3.05) is 19.6 Å². The Kier molecular flexibility index (Phi) is 3.44. The lowest BCUT2D eigenvalue weighted by molar-refractivity contribution is 0.0660. The molecule has 1 atom stereocenters. The molecule has 0 aromatic carbocycles. The molecule has 0 amide bonds. The van der Waals surface area contributed by atoms with Crippen molar-refractivity contribution < 1.29 is 4.42 Å². The second-order valence-corrected chi connectivity index (χ2v) is 5.93. The van der Waals surface area contributed by atoms with Gasteiger partial charge in [0, 0.05) is 25.2 Å². The van der Waals surface area contributed by atoms with Crippen molar-refractivity contribution >= 4 is 0 Å². The molecular formula is C15H24N2O. The quantitative estimate of drug-likeness (QED) is 0.872. The molecule has 3 nitrogen and oxygen atoms in total. The highest BCUT2D eigenvalue weighted by molar-refractivity contribution is 5.06. The van der Waals surface area contributed by atoms with E-state index in [0.29, 0.717) is 11.6 Å². The number of nitrogens with zero attached hydrogens (tertiary/aromatic N) is 1. The van der Waals surface area contributed by atoms with Crippen LogP contribution in [0.3, 0.4) is 0 Å². The molecule has 3 rings (SSSR count). The molecule has 1 aliphatic carbocycles. The normalized spacial score (nSPS) is 26.3. The molecule has 1 saturated heterocycles. The fourth-order valence-electron chi connectivity index (χ4n) is 3.59. The summed E-state index contributed by atoms with van der Waals surface area (Å²) in [7, 11) is 0. The van der Waals surface area contributed by atoms with Gasteiger partial charge in [-0.3, -0.25) is 4.90 Å². The maximum atomic E-state index is 5.56. The number of piperazine rings is 1. The third kappa shape index (κ3) is 2.34. The average molecular weight is 248 g/mol. The molecule has 3 heteroatoms. The van der Waals surface area contributed by atoms with Gasteiger partial charge in [0.15, 0.2) is 0 Å². The summed E-state index contributed by atoms with van der Waals surface area (Å²) in [5.41, 5.74) is 0.386. The number of rotatable bonds is 2. The number of nitrogens with one attached hydrogen (secondary N) is 1. The molecule has 1 saturated carbocycles. The molecule has 1 aliphatic heterocycles. The Bertz CT molecular complexity index is 362. The maximum Gasteiger partial charge on any atom is 0.120 e. The minimum absolute atomic E-state index is 0.386. The predicted molar refractivity (Wildman–Crippen MR) is 72.5 cm³/mol. The van der Waals surface area contributed by atoms with Crippen molar-refractivity contribution in [1.29, 1.82) is 0 Å². The van der Waals surface area contributed by atoms with E-state index in [1.165, 1.54) is 38.6 Å². The molecule has 1 unspecified atom stereocenters. The van der Waals surface area contributed by atoms with E-state index in [1.807, 2.05) is 6.07 Å². The summed E-state index contributed by atoms with van der Waals surface area (Å²) in [5.74, 6) is 1.10. The smallest absolute Gasteiger partial charge is 0.120 e. The van der Waals surface area contributed by atoms with Crippen LogP contribution in [0.15, 0.2) is 22.8 Å². The fraction of sp³-hybridized carbons (Fsp3) is 0.733. The highest BCUT2D eigenvalue weighted by atomic mass is 16.3. The van der Waals surface area contributed by atoms with Crippen molar-refractivity contribution in [3.8, 4) is 0 Å². The van der Waals surface area contributed by atoms with Crippen LogP contribution in [-0.2, 0) is 0 Å². The molecule has 2 fully saturated rings. The summed E-state index contributed by atoms with van der Waals surface area (Å²) in [6.45, 7) is 5.68. The van der Waals surface area contributed by atoms with Crippen molar-refractivity contribution in [2.24, 2.45) is 0 Å². The second-order valence-electron chi connectivity index (χ2n) is 5.93. The van der Waals surface area contributed by atoms with Gasteiger partial charge in [-0.2, -0.15) is 0 Å². The summed E-state index contributed by atoms with van der Waals surface area (Å²) in [6, 6.07) is 4.49. The minimum atomic E-state index is 0.386. The zero-order chi connectivity index (χ0) is 12.4. The molecule has 0 radical (unpaired) electrons. The lowest BCUT2D eigenvalue weighted by Gasteiger charge is -2.47. The number of hydrogen-bond donors (Lipinski definition) is 1. The minimum Gasteiger partial charge on any atom is -0.468 e. The Hall–Kier alpha value is -0.800. The zero-order valence-corrected chi connectivity index (χ0v) is 11.3. The summed E-state index contributed by atoms with van der Waals surface area (Å²) in [6.07, 6.45) is 8.65. The van der Waals surface area contributed by atoms with Crippen molar-refractivity contribution in [3.63, 3.8) is 0 Å². The first-order chi connectivity index (χ1) is 8.79. The van der Waals surface area contributed by atoms with Crippen molar-refractivity contribution in [3.05, 3.63) is 24.2 Å². The molecule has 1 aromatic heterocycles. The van der Waals surface area contributed by atoms with Crippen LogP contribution < -0.4 is 5.32 Å². The van der Waals surface area contributed by atoms with Gasteiger partial charge in [0.25, 0.3) is 0 Å². The Labute approximate surface area is 110 Å². The SMILES string of the molecule is CC(c1ccco1)N1CCNC2(CCCCC2)C1. The van der Waals surface area contributed by atoms with Crippen LogP contribution in [0.1, 0.15) is 50.8 Å². The van der Waals surface area contributed by atoms with E-state index in [2.05, 4.69) is 23.2 Å². The van der Waals surface area contributed by atoms with Gasteiger partial charge in [-0.15, -0.1) is 0 Å². The molecule has 1 spiro atoms. The van der Waals surface area contributed by atoms with Crippen molar-refractivity contribution in [2.45, 2.75) is 50.6 Å². The first-order valence-corrected chi connectivity index (χ1v) is 7.32. The molecular weight excluding hydrogens is 224 g/mol. The predicted octanol–water partition coefficient (Wildman–Crippen LogP) is 2.95. The van der Waals surface area contributed by atoms with Gasteiger partial charge in [0.05, 0.1) is 12.3 Å². The first kappa shape index (κ1) is 12.2. The molecule has 100 valence electrons. The second kappa shape index (κ2) is 5.06. The topological polar surface area (TPSA) is 28.4 Å². The Morgan fingerprint density at radius 1 is 1.33 bits per heavy atom. The van der Waals surface area contributed by atoms with Gasteiger partial charge >= 0.3 is 0 Å². The summed E-state index contributed by atoms with van der Waals surface area (Å²) in [5, 5.41) is 3.79. The van der Waals surface area contributed by atoms with Gasteiger partial charge in [-0.25, -0.2) is 0 Å². The van der Waals surface area contributed by atoms with Crippen LogP contribution in [-0.4, -0.2) is 30.1 Å². The highest BCUT2D eigenvalue weighted by Crippen LogP contribution is 2.33. The lowest BCUT2D eigenvalue weighted by atomic mass is 9.80. The van der Waals surface area contributed by atoms with Gasteiger partial charge in [-0.1, -0.05) is 19.3 Å². The van der Waals surface area contributed by atoms with E-state index in [4.69, 9.17) is 4.42 Å². The summed E-state index contributed by atoms with van der Waals surface area (Å²) < 4.78 is 5.56. The monoisotopic (exact) mass is 248 g/mol. The third-order valence-corrected chi connectivity index (χ3v) is 4.72. The Morgan fingerprint density at radius 2 is 2.17 bits per heavy atom. The van der Waals surface area contributed by atoms with Crippen LogP contribution >= 0.6 is 0 Å². The van der Waals surface area contributed by atoms with Crippen LogP contribution in [0.25, 0.3) is 0 Å². The maximum absolute atomic E-state index is 5.56. The molecule has 1 aromatic rings. The number of hydrogen-bond acceptors (Lipinski definition) is 3. The van der Waals surface area contributed by atoms with Crippen LogP contribution in [0.5, 0.6) is 0 Å². The third-order valence-electron chi connectivity index (χ3n) is 4.72. The van der Waals surface area contributed by atoms with Gasteiger partial charge in [0.2, 0.25) is 0 Å².